The zero-order chi connectivity index (χ0) is 20.5. The summed E-state index contributed by atoms with van der Waals surface area (Å²) in [4.78, 5) is 11.9. The van der Waals surface area contributed by atoms with E-state index in [4.69, 9.17) is 4.74 Å². The molecule has 0 bridgehead atoms. The number of carbonyl (C=O) groups is 1. The van der Waals surface area contributed by atoms with Crippen LogP contribution in [0.3, 0.4) is 0 Å². The maximum absolute atomic E-state index is 11.9. The van der Waals surface area contributed by atoms with Gasteiger partial charge >= 0.3 is 0 Å². The molecule has 0 radical (unpaired) electrons. The van der Waals surface area contributed by atoms with Gasteiger partial charge < -0.3 is 15.2 Å². The number of phenolic OH excluding ortho intramolecular Hbond substituents is 1. The molecule has 1 aromatic carbocycles. The van der Waals surface area contributed by atoms with Gasteiger partial charge in [-0.1, -0.05) is 51.5 Å². The predicted molar refractivity (Wildman–Crippen MR) is 115 cm³/mol. The Morgan fingerprint density at radius 2 is 1.64 bits per heavy atom. The minimum absolute atomic E-state index is 0.0704. The molecule has 0 saturated carbocycles. The monoisotopic (exact) mass is 387 g/mol. The number of methoxy groups -OCH3 is 1. The summed E-state index contributed by atoms with van der Waals surface area (Å²) in [5.74, 6) is 7.15. The number of amides is 1. The molecule has 2 N–H and O–H groups in total. The fraction of sp³-hybridized carbons (Fsp3) is 0.625. The number of phenols is 1. The summed E-state index contributed by atoms with van der Waals surface area (Å²) >= 11 is 0. The molecule has 0 aliphatic carbocycles. The normalized spacial score (nSPS) is 10.2. The minimum atomic E-state index is 0.0704. The van der Waals surface area contributed by atoms with Crippen molar-refractivity contribution < 1.29 is 14.6 Å². The topological polar surface area (TPSA) is 58.6 Å². The zero-order valence-electron chi connectivity index (χ0n) is 17.7. The Hall–Kier alpha value is -2.15. The van der Waals surface area contributed by atoms with E-state index < -0.39 is 0 Å². The second-order valence-electron chi connectivity index (χ2n) is 7.21. The third-order valence-corrected chi connectivity index (χ3v) is 4.72. The Balaban J connectivity index is 1.99. The maximum atomic E-state index is 11.9. The molecule has 1 amide bonds. The number of unbranched alkanes of at least 4 members (excludes halogenated alkanes) is 9. The molecule has 1 rings (SSSR count). The van der Waals surface area contributed by atoms with Gasteiger partial charge in [0.25, 0.3) is 0 Å². The maximum Gasteiger partial charge on any atom is 0.220 e. The number of ether oxygens (including phenoxy) is 1. The van der Waals surface area contributed by atoms with Crippen LogP contribution in [-0.4, -0.2) is 18.1 Å². The number of hydrogen-bond donors (Lipinski definition) is 2. The first-order chi connectivity index (χ1) is 13.7. The number of carbonyl (C=O) groups excluding carboxylic acids is 1. The van der Waals surface area contributed by atoms with Crippen LogP contribution in [0.1, 0.15) is 89.5 Å². The molecular formula is C24H37NO3. The first kappa shape index (κ1) is 23.9. The highest BCUT2D eigenvalue weighted by Gasteiger charge is 2.05. The van der Waals surface area contributed by atoms with Crippen LogP contribution in [0.4, 0.5) is 0 Å². The molecule has 0 aliphatic rings. The van der Waals surface area contributed by atoms with Crippen molar-refractivity contribution >= 4 is 5.91 Å². The highest BCUT2D eigenvalue weighted by molar-refractivity contribution is 5.75. The van der Waals surface area contributed by atoms with E-state index in [0.717, 1.165) is 37.7 Å². The number of nitrogens with one attached hydrogen (secondary N) is 1. The Labute approximate surface area is 171 Å². The standard InChI is InChI=1S/C24H37NO3/c1-3-4-5-6-7-8-9-10-11-12-13-14-15-16-24(27)25-20-21-17-18-22(26)23(19-21)28-2/h17-19,26H,3-7,10-16,20H2,1-2H3,(H,25,27). The first-order valence-corrected chi connectivity index (χ1v) is 10.8. The Bertz CT molecular complexity index is 616. The van der Waals surface area contributed by atoms with Crippen molar-refractivity contribution in [3.05, 3.63) is 23.8 Å². The predicted octanol–water partition coefficient (Wildman–Crippen LogP) is 5.72. The van der Waals surface area contributed by atoms with Crippen LogP contribution in [-0.2, 0) is 11.3 Å². The molecule has 0 heterocycles. The van der Waals surface area contributed by atoms with Crippen LogP contribution in [0.2, 0.25) is 0 Å². The van der Waals surface area contributed by atoms with Gasteiger partial charge in [0.15, 0.2) is 11.5 Å². The van der Waals surface area contributed by atoms with Crippen molar-refractivity contribution in [1.82, 2.24) is 5.32 Å². The lowest BCUT2D eigenvalue weighted by Gasteiger charge is -2.08. The smallest absolute Gasteiger partial charge is 0.220 e. The summed E-state index contributed by atoms with van der Waals surface area (Å²) in [5, 5.41) is 12.5. The quantitative estimate of drug-likeness (QED) is 0.317. The lowest BCUT2D eigenvalue weighted by atomic mass is 10.1. The molecule has 0 fully saturated rings. The third-order valence-electron chi connectivity index (χ3n) is 4.72. The van der Waals surface area contributed by atoms with Gasteiger partial charge in [0.1, 0.15) is 0 Å². The van der Waals surface area contributed by atoms with Crippen LogP contribution in [0.15, 0.2) is 18.2 Å². The van der Waals surface area contributed by atoms with E-state index in [0.29, 0.717) is 18.7 Å². The second-order valence-corrected chi connectivity index (χ2v) is 7.21. The number of hydrogen-bond acceptors (Lipinski definition) is 3. The minimum Gasteiger partial charge on any atom is -0.504 e. The average molecular weight is 388 g/mol. The van der Waals surface area contributed by atoms with Gasteiger partial charge in [0.2, 0.25) is 5.91 Å². The summed E-state index contributed by atoms with van der Waals surface area (Å²) in [6, 6.07) is 5.10. The highest BCUT2D eigenvalue weighted by Crippen LogP contribution is 2.26. The van der Waals surface area contributed by atoms with E-state index in [1.54, 1.807) is 18.2 Å². The van der Waals surface area contributed by atoms with Crippen LogP contribution in [0.5, 0.6) is 11.5 Å². The molecule has 0 spiro atoms. The van der Waals surface area contributed by atoms with Gasteiger partial charge in [-0.15, -0.1) is 11.8 Å². The molecule has 0 saturated heterocycles. The lowest BCUT2D eigenvalue weighted by molar-refractivity contribution is -0.121. The summed E-state index contributed by atoms with van der Waals surface area (Å²) in [6.45, 7) is 2.68. The van der Waals surface area contributed by atoms with E-state index >= 15 is 0 Å². The fourth-order valence-corrected chi connectivity index (χ4v) is 2.97. The van der Waals surface area contributed by atoms with Gasteiger partial charge in [-0.05, 0) is 37.0 Å². The first-order valence-electron chi connectivity index (χ1n) is 10.8. The fourth-order valence-electron chi connectivity index (χ4n) is 2.97. The van der Waals surface area contributed by atoms with E-state index in [1.807, 2.05) is 0 Å². The molecule has 0 aliphatic heterocycles. The van der Waals surface area contributed by atoms with Crippen LogP contribution in [0, 0.1) is 11.8 Å². The van der Waals surface area contributed by atoms with Crippen molar-refractivity contribution in [3.63, 3.8) is 0 Å². The molecule has 0 aromatic heterocycles. The molecular weight excluding hydrogens is 350 g/mol. The van der Waals surface area contributed by atoms with Gasteiger partial charge in [-0.2, -0.15) is 0 Å². The molecule has 156 valence electrons. The molecule has 0 unspecified atom stereocenters. The van der Waals surface area contributed by atoms with Crippen LogP contribution >= 0.6 is 0 Å². The van der Waals surface area contributed by atoms with Crippen molar-refractivity contribution in [3.8, 4) is 23.3 Å². The van der Waals surface area contributed by atoms with Gasteiger partial charge in [0, 0.05) is 25.8 Å². The van der Waals surface area contributed by atoms with Gasteiger partial charge in [0.05, 0.1) is 7.11 Å². The summed E-state index contributed by atoms with van der Waals surface area (Å²) in [7, 11) is 1.51. The van der Waals surface area contributed by atoms with E-state index in [1.165, 1.54) is 45.6 Å². The number of benzene rings is 1. The van der Waals surface area contributed by atoms with Crippen molar-refractivity contribution in [2.24, 2.45) is 0 Å². The van der Waals surface area contributed by atoms with E-state index in [9.17, 15) is 9.90 Å². The summed E-state index contributed by atoms with van der Waals surface area (Å²) in [6.07, 6.45) is 13.3. The Morgan fingerprint density at radius 3 is 2.32 bits per heavy atom. The Morgan fingerprint density at radius 1 is 1.00 bits per heavy atom. The molecule has 4 nitrogen and oxygen atoms in total. The molecule has 1 aromatic rings. The van der Waals surface area contributed by atoms with Gasteiger partial charge in [-0.3, -0.25) is 4.79 Å². The molecule has 4 heteroatoms. The van der Waals surface area contributed by atoms with Crippen LogP contribution in [0.25, 0.3) is 0 Å². The largest absolute Gasteiger partial charge is 0.504 e. The Kier molecular flexibility index (Phi) is 13.5. The van der Waals surface area contributed by atoms with Crippen molar-refractivity contribution in [2.45, 2.75) is 90.5 Å². The second kappa shape index (κ2) is 15.9. The van der Waals surface area contributed by atoms with Crippen LogP contribution < -0.4 is 10.1 Å². The van der Waals surface area contributed by atoms with E-state index in [-0.39, 0.29) is 11.7 Å². The lowest BCUT2D eigenvalue weighted by Crippen LogP contribution is -2.22. The van der Waals surface area contributed by atoms with Crippen molar-refractivity contribution in [1.29, 1.82) is 0 Å². The van der Waals surface area contributed by atoms with Crippen molar-refractivity contribution in [2.75, 3.05) is 7.11 Å². The average Bonchev–Trinajstić information content (AvgIpc) is 2.70. The number of rotatable bonds is 14. The third kappa shape index (κ3) is 11.5. The van der Waals surface area contributed by atoms with E-state index in [2.05, 4.69) is 24.1 Å². The molecule has 28 heavy (non-hydrogen) atoms. The number of aromatic hydroxyl groups is 1. The molecule has 0 atom stereocenters. The highest BCUT2D eigenvalue weighted by atomic mass is 16.5. The zero-order valence-corrected chi connectivity index (χ0v) is 17.7. The summed E-state index contributed by atoms with van der Waals surface area (Å²) in [5.41, 5.74) is 0.912. The summed E-state index contributed by atoms with van der Waals surface area (Å²) < 4.78 is 5.07. The van der Waals surface area contributed by atoms with Gasteiger partial charge in [-0.25, -0.2) is 0 Å². The SMILES string of the molecule is CCCCCCC#CCCCCCCCC(=O)NCc1ccc(O)c(OC)c1.